The first-order valence-electron chi connectivity index (χ1n) is 9.24. The number of piperidine rings is 1. The molecule has 0 unspecified atom stereocenters. The fraction of sp³-hybridized carbons (Fsp3) is 0.611. The van der Waals surface area contributed by atoms with Gasteiger partial charge in [0, 0.05) is 33.4 Å². The molecule has 1 aliphatic rings. The van der Waals surface area contributed by atoms with Crippen LogP contribution in [0, 0.1) is 5.92 Å². The van der Waals surface area contributed by atoms with Crippen LogP contribution in [0.5, 0.6) is 0 Å². The molecular weight excluding hydrogens is 402 g/mol. The van der Waals surface area contributed by atoms with Crippen molar-refractivity contribution in [3.63, 3.8) is 0 Å². The van der Waals surface area contributed by atoms with Gasteiger partial charge in [0.15, 0.2) is 9.84 Å². The van der Waals surface area contributed by atoms with Gasteiger partial charge < -0.3 is 5.32 Å². The summed E-state index contributed by atoms with van der Waals surface area (Å²) in [6, 6.07) is 6.21. The minimum atomic E-state index is -3.54. The average Bonchev–Trinajstić information content (AvgIpc) is 2.65. The molecule has 1 saturated heterocycles. The van der Waals surface area contributed by atoms with E-state index in [0.717, 1.165) is 16.1 Å². The lowest BCUT2D eigenvalue weighted by atomic mass is 9.97. The van der Waals surface area contributed by atoms with Gasteiger partial charge in [-0.25, -0.2) is 8.42 Å². The van der Waals surface area contributed by atoms with E-state index < -0.39 is 26.0 Å². The van der Waals surface area contributed by atoms with Gasteiger partial charge in [0.05, 0.1) is 16.9 Å². The van der Waals surface area contributed by atoms with Crippen LogP contribution in [0.4, 0.5) is 0 Å². The van der Waals surface area contributed by atoms with E-state index >= 15 is 0 Å². The summed E-state index contributed by atoms with van der Waals surface area (Å²) >= 11 is 0. The maximum absolute atomic E-state index is 12.8. The van der Waals surface area contributed by atoms with Crippen molar-refractivity contribution < 1.29 is 21.6 Å². The number of rotatable bonds is 7. The standard InChI is InChI=1S/C18H29N3O5S2/c1-5-17(14-8-10-16(11-9-14)27(4,23)24)19-18(22)15-7-6-12-21(13-15)28(25,26)20(2)3/h8-11,15,17H,5-7,12-13H2,1-4H3,(H,19,22)/t15-,17-/m1/s1. The number of amides is 1. The molecule has 2 rings (SSSR count). The van der Waals surface area contributed by atoms with Crippen LogP contribution in [0.3, 0.4) is 0 Å². The number of benzene rings is 1. The first-order valence-corrected chi connectivity index (χ1v) is 12.5. The number of sulfone groups is 1. The molecule has 1 aliphatic heterocycles. The van der Waals surface area contributed by atoms with Crippen LogP contribution in [0.2, 0.25) is 0 Å². The Labute approximate surface area is 168 Å². The van der Waals surface area contributed by atoms with Crippen molar-refractivity contribution in [2.75, 3.05) is 33.4 Å². The van der Waals surface area contributed by atoms with Crippen LogP contribution in [0.15, 0.2) is 29.2 Å². The highest BCUT2D eigenvalue weighted by Crippen LogP contribution is 2.23. The summed E-state index contributed by atoms with van der Waals surface area (Å²) in [5.41, 5.74) is 0.817. The second kappa shape index (κ2) is 8.89. The van der Waals surface area contributed by atoms with Gasteiger partial charge in [0.1, 0.15) is 0 Å². The molecule has 1 aromatic carbocycles. The Morgan fingerprint density at radius 1 is 1.21 bits per heavy atom. The fourth-order valence-electron chi connectivity index (χ4n) is 3.25. The van der Waals surface area contributed by atoms with E-state index in [-0.39, 0.29) is 23.4 Å². The van der Waals surface area contributed by atoms with Crippen LogP contribution in [0.25, 0.3) is 0 Å². The third kappa shape index (κ3) is 5.31. The Balaban J connectivity index is 2.09. The predicted octanol–water partition coefficient (Wildman–Crippen LogP) is 1.18. The minimum Gasteiger partial charge on any atom is -0.349 e. The first-order chi connectivity index (χ1) is 13.0. The number of carbonyl (C=O) groups excluding carboxylic acids is 1. The molecule has 10 heteroatoms. The van der Waals surface area contributed by atoms with Gasteiger partial charge in [0.2, 0.25) is 5.91 Å². The monoisotopic (exact) mass is 431 g/mol. The lowest BCUT2D eigenvalue weighted by Gasteiger charge is -2.33. The SMILES string of the molecule is CC[C@@H](NC(=O)[C@@H]1CCCN(S(=O)(=O)N(C)C)C1)c1ccc(S(C)(=O)=O)cc1. The van der Waals surface area contributed by atoms with Crippen LogP contribution in [-0.2, 0) is 24.8 Å². The average molecular weight is 432 g/mol. The highest BCUT2D eigenvalue weighted by atomic mass is 32.2. The zero-order chi connectivity index (χ0) is 21.1. The van der Waals surface area contributed by atoms with Crippen molar-refractivity contribution in [1.29, 1.82) is 0 Å². The fourth-order valence-corrected chi connectivity index (χ4v) is 5.08. The molecule has 1 amide bonds. The Bertz CT molecular complexity index is 896. The smallest absolute Gasteiger partial charge is 0.281 e. The molecule has 0 spiro atoms. The first kappa shape index (κ1) is 22.8. The van der Waals surface area contributed by atoms with Crippen molar-refractivity contribution in [1.82, 2.24) is 13.9 Å². The molecule has 2 atom stereocenters. The van der Waals surface area contributed by atoms with Crippen LogP contribution in [-0.4, -0.2) is 64.8 Å². The predicted molar refractivity (Wildman–Crippen MR) is 108 cm³/mol. The zero-order valence-corrected chi connectivity index (χ0v) is 18.4. The maximum atomic E-state index is 12.8. The molecule has 1 heterocycles. The number of nitrogens with one attached hydrogen (secondary N) is 1. The lowest BCUT2D eigenvalue weighted by molar-refractivity contribution is -0.126. The van der Waals surface area contributed by atoms with E-state index in [1.165, 1.54) is 30.5 Å². The molecule has 1 aromatic rings. The highest BCUT2D eigenvalue weighted by Gasteiger charge is 2.34. The van der Waals surface area contributed by atoms with Gasteiger partial charge in [-0.15, -0.1) is 0 Å². The normalized spacial score (nSPS) is 20.1. The summed E-state index contributed by atoms with van der Waals surface area (Å²) < 4.78 is 50.4. The Hall–Kier alpha value is -1.49. The van der Waals surface area contributed by atoms with E-state index in [1.54, 1.807) is 12.1 Å². The highest BCUT2D eigenvalue weighted by molar-refractivity contribution is 7.90. The summed E-state index contributed by atoms with van der Waals surface area (Å²) in [6.45, 7) is 2.50. The third-order valence-electron chi connectivity index (χ3n) is 4.98. The minimum absolute atomic E-state index is 0.162. The van der Waals surface area contributed by atoms with E-state index in [1.807, 2.05) is 6.92 Å². The van der Waals surface area contributed by atoms with E-state index in [0.29, 0.717) is 25.8 Å². The molecule has 0 saturated carbocycles. The number of carbonyl (C=O) groups is 1. The van der Waals surface area contributed by atoms with Crippen LogP contribution in [0.1, 0.15) is 37.8 Å². The lowest BCUT2D eigenvalue weighted by Crippen LogP contribution is -2.49. The molecule has 158 valence electrons. The summed E-state index contributed by atoms with van der Waals surface area (Å²) in [5, 5.41) is 2.99. The third-order valence-corrected chi connectivity index (χ3v) is 8.01. The van der Waals surface area contributed by atoms with Crippen molar-refractivity contribution in [3.05, 3.63) is 29.8 Å². The van der Waals surface area contributed by atoms with Crippen molar-refractivity contribution in [3.8, 4) is 0 Å². The molecule has 1 fully saturated rings. The van der Waals surface area contributed by atoms with E-state index in [4.69, 9.17) is 0 Å². The molecule has 0 aliphatic carbocycles. The van der Waals surface area contributed by atoms with Crippen LogP contribution >= 0.6 is 0 Å². The molecule has 0 bridgehead atoms. The Morgan fingerprint density at radius 2 is 1.82 bits per heavy atom. The van der Waals surface area contributed by atoms with Crippen molar-refractivity contribution >= 4 is 26.0 Å². The molecule has 8 nitrogen and oxygen atoms in total. The summed E-state index contributed by atoms with van der Waals surface area (Å²) in [5.74, 6) is -0.592. The maximum Gasteiger partial charge on any atom is 0.281 e. The van der Waals surface area contributed by atoms with Crippen molar-refractivity contribution in [2.45, 2.75) is 37.1 Å². The Morgan fingerprint density at radius 3 is 2.32 bits per heavy atom. The van der Waals surface area contributed by atoms with Gasteiger partial charge >= 0.3 is 0 Å². The van der Waals surface area contributed by atoms with Crippen LogP contribution < -0.4 is 5.32 Å². The summed E-state index contributed by atoms with van der Waals surface area (Å²) in [7, 11) is -3.86. The topological polar surface area (TPSA) is 104 Å². The van der Waals surface area contributed by atoms with Crippen molar-refractivity contribution in [2.24, 2.45) is 5.92 Å². The largest absolute Gasteiger partial charge is 0.349 e. The molecule has 1 N–H and O–H groups in total. The number of nitrogens with zero attached hydrogens (tertiary/aromatic N) is 2. The Kier molecular flexibility index (Phi) is 7.24. The molecule has 0 radical (unpaired) electrons. The van der Waals surface area contributed by atoms with Gasteiger partial charge in [-0.05, 0) is 37.0 Å². The van der Waals surface area contributed by atoms with Gasteiger partial charge in [-0.1, -0.05) is 19.1 Å². The molecular formula is C18H29N3O5S2. The van der Waals surface area contributed by atoms with Gasteiger partial charge in [0.25, 0.3) is 10.2 Å². The molecule has 28 heavy (non-hydrogen) atoms. The second-order valence-corrected chi connectivity index (χ2v) is 11.5. The quantitative estimate of drug-likeness (QED) is 0.698. The summed E-state index contributed by atoms with van der Waals surface area (Å²) in [6.07, 6.45) is 3.05. The van der Waals surface area contributed by atoms with E-state index in [9.17, 15) is 21.6 Å². The number of hydrogen-bond donors (Lipinski definition) is 1. The molecule has 0 aromatic heterocycles. The van der Waals surface area contributed by atoms with Gasteiger partial charge in [-0.3, -0.25) is 4.79 Å². The second-order valence-electron chi connectivity index (χ2n) is 7.30. The zero-order valence-electron chi connectivity index (χ0n) is 16.8. The van der Waals surface area contributed by atoms with Gasteiger partial charge in [-0.2, -0.15) is 17.0 Å². The number of hydrogen-bond acceptors (Lipinski definition) is 5. The summed E-state index contributed by atoms with van der Waals surface area (Å²) in [4.78, 5) is 13.0. The van der Waals surface area contributed by atoms with E-state index in [2.05, 4.69) is 5.32 Å².